The maximum atomic E-state index is 11.3. The number of hydrogen-bond donors (Lipinski definition) is 0. The number of methoxy groups -OCH3 is 2. The minimum absolute atomic E-state index is 0.0620. The molecule has 0 bridgehead atoms. The molecule has 1 unspecified atom stereocenters. The molecule has 1 aliphatic rings. The van der Waals surface area contributed by atoms with Crippen LogP contribution in [0.1, 0.15) is 12.8 Å². The second-order valence-electron chi connectivity index (χ2n) is 3.27. The van der Waals surface area contributed by atoms with Crippen molar-refractivity contribution in [2.24, 2.45) is 0 Å². The first-order chi connectivity index (χ1) is 7.15. The van der Waals surface area contributed by atoms with Crippen LogP contribution < -0.4 is 0 Å². The van der Waals surface area contributed by atoms with Gasteiger partial charge in [0.1, 0.15) is 12.3 Å². The van der Waals surface area contributed by atoms with Crippen LogP contribution >= 0.6 is 0 Å². The zero-order valence-electron chi connectivity index (χ0n) is 9.11. The Kier molecular flexibility index (Phi) is 3.69. The Hall–Kier alpha value is -1.54. The van der Waals surface area contributed by atoms with Crippen molar-refractivity contribution in [1.29, 1.82) is 5.26 Å². The average Bonchev–Trinajstić information content (AvgIpc) is 2.61. The van der Waals surface area contributed by atoms with E-state index in [1.54, 1.807) is 19.1 Å². The fourth-order valence-electron chi connectivity index (χ4n) is 1.71. The quantitative estimate of drug-likeness (QED) is 0.380. The molecule has 0 aliphatic carbocycles. The summed E-state index contributed by atoms with van der Waals surface area (Å²) in [4.78, 5) is 13.1. The van der Waals surface area contributed by atoms with Gasteiger partial charge in [-0.3, -0.25) is 0 Å². The highest BCUT2D eigenvalue weighted by Crippen LogP contribution is 2.28. The molecule has 1 aliphatic heterocycles. The molecule has 0 aromatic carbocycles. The van der Waals surface area contributed by atoms with Crippen LogP contribution in [0.5, 0.6) is 0 Å². The van der Waals surface area contributed by atoms with Gasteiger partial charge in [-0.2, -0.15) is 5.26 Å². The van der Waals surface area contributed by atoms with E-state index in [4.69, 9.17) is 10.00 Å². The van der Waals surface area contributed by atoms with Gasteiger partial charge in [-0.15, -0.1) is 0 Å². The summed E-state index contributed by atoms with van der Waals surface area (Å²) in [5, 5.41) is 8.89. The van der Waals surface area contributed by atoms with Gasteiger partial charge in [-0.1, -0.05) is 0 Å². The Balaban J connectivity index is 2.99. The molecule has 0 aromatic rings. The van der Waals surface area contributed by atoms with Crippen LogP contribution in [0, 0.1) is 11.3 Å². The molecule has 0 N–H and O–H groups in total. The summed E-state index contributed by atoms with van der Waals surface area (Å²) in [6, 6.07) is 1.88. The van der Waals surface area contributed by atoms with E-state index in [1.165, 1.54) is 7.11 Å². The molecule has 1 heterocycles. The van der Waals surface area contributed by atoms with E-state index < -0.39 is 5.97 Å². The Morgan fingerprint density at radius 1 is 1.60 bits per heavy atom. The highest BCUT2D eigenvalue weighted by molar-refractivity contribution is 5.93. The van der Waals surface area contributed by atoms with E-state index >= 15 is 0 Å². The number of nitriles is 1. The summed E-state index contributed by atoms with van der Waals surface area (Å²) in [6.07, 6.45) is 1.38. The first kappa shape index (κ1) is 11.5. The molecule has 0 radical (unpaired) electrons. The number of carbonyl (C=O) groups is 1. The van der Waals surface area contributed by atoms with Gasteiger partial charge >= 0.3 is 5.97 Å². The second kappa shape index (κ2) is 4.80. The SMILES string of the molecule is COC(=O)C(C#N)=C1CCC(OC)N1C. The van der Waals surface area contributed by atoms with E-state index in [-0.39, 0.29) is 11.8 Å². The molecular formula is C10H14N2O3. The number of carbonyl (C=O) groups excluding carboxylic acids is 1. The van der Waals surface area contributed by atoms with Crippen LogP contribution in [0.15, 0.2) is 11.3 Å². The van der Waals surface area contributed by atoms with Gasteiger partial charge in [0.25, 0.3) is 0 Å². The predicted octanol–water partition coefficient (Wildman–Crippen LogP) is 0.635. The topological polar surface area (TPSA) is 62.6 Å². The van der Waals surface area contributed by atoms with Gasteiger partial charge in [-0.05, 0) is 12.8 Å². The number of rotatable bonds is 2. The van der Waals surface area contributed by atoms with E-state index in [0.29, 0.717) is 12.1 Å². The van der Waals surface area contributed by atoms with Crippen LogP contribution in [0.3, 0.4) is 0 Å². The van der Waals surface area contributed by atoms with Gasteiger partial charge in [0, 0.05) is 19.9 Å². The third-order valence-corrected chi connectivity index (χ3v) is 2.55. The second-order valence-corrected chi connectivity index (χ2v) is 3.27. The molecule has 15 heavy (non-hydrogen) atoms. The van der Waals surface area contributed by atoms with Crippen LogP contribution in [0.2, 0.25) is 0 Å². The van der Waals surface area contributed by atoms with Crippen molar-refractivity contribution in [3.63, 3.8) is 0 Å². The number of nitrogens with zero attached hydrogens (tertiary/aromatic N) is 2. The molecule has 1 rings (SSSR count). The molecule has 0 spiro atoms. The Labute approximate surface area is 88.9 Å². The summed E-state index contributed by atoms with van der Waals surface area (Å²) < 4.78 is 9.74. The fraction of sp³-hybridized carbons (Fsp3) is 0.600. The van der Waals surface area contributed by atoms with Gasteiger partial charge in [-0.25, -0.2) is 4.79 Å². The van der Waals surface area contributed by atoms with Gasteiger partial charge in [0.2, 0.25) is 0 Å². The van der Waals surface area contributed by atoms with Crippen molar-refractivity contribution in [2.45, 2.75) is 19.1 Å². The average molecular weight is 210 g/mol. The van der Waals surface area contributed by atoms with E-state index in [9.17, 15) is 4.79 Å². The number of likely N-dealkylation sites (tertiary alicyclic amines) is 1. The lowest BCUT2D eigenvalue weighted by atomic mass is 10.2. The van der Waals surface area contributed by atoms with Crippen LogP contribution in [0.4, 0.5) is 0 Å². The highest BCUT2D eigenvalue weighted by atomic mass is 16.5. The van der Waals surface area contributed by atoms with Crippen molar-refractivity contribution < 1.29 is 14.3 Å². The number of ether oxygens (including phenoxy) is 2. The lowest BCUT2D eigenvalue weighted by Gasteiger charge is -2.21. The lowest BCUT2D eigenvalue weighted by molar-refractivity contribution is -0.135. The van der Waals surface area contributed by atoms with Crippen molar-refractivity contribution in [2.75, 3.05) is 21.3 Å². The Bertz CT molecular complexity index is 330. The maximum absolute atomic E-state index is 11.3. The van der Waals surface area contributed by atoms with Gasteiger partial charge < -0.3 is 14.4 Å². The molecule has 0 saturated carbocycles. The monoisotopic (exact) mass is 210 g/mol. The predicted molar refractivity (Wildman–Crippen MR) is 52.4 cm³/mol. The highest BCUT2D eigenvalue weighted by Gasteiger charge is 2.29. The van der Waals surface area contributed by atoms with Crippen molar-refractivity contribution >= 4 is 5.97 Å². The number of hydrogen-bond acceptors (Lipinski definition) is 5. The minimum atomic E-state index is -0.587. The van der Waals surface area contributed by atoms with E-state index in [0.717, 1.165) is 6.42 Å². The number of esters is 1. The Morgan fingerprint density at radius 3 is 2.67 bits per heavy atom. The molecule has 0 aromatic heterocycles. The molecule has 1 saturated heterocycles. The zero-order chi connectivity index (χ0) is 11.4. The van der Waals surface area contributed by atoms with Crippen molar-refractivity contribution in [3.8, 4) is 6.07 Å². The summed E-state index contributed by atoms with van der Waals surface area (Å²) in [5.74, 6) is -0.587. The molecule has 1 fully saturated rings. The molecule has 1 atom stereocenters. The maximum Gasteiger partial charge on any atom is 0.350 e. The minimum Gasteiger partial charge on any atom is -0.465 e. The third-order valence-electron chi connectivity index (χ3n) is 2.55. The molecule has 82 valence electrons. The van der Waals surface area contributed by atoms with Crippen LogP contribution in [0.25, 0.3) is 0 Å². The zero-order valence-corrected chi connectivity index (χ0v) is 9.11. The van der Waals surface area contributed by atoms with Gasteiger partial charge in [0.15, 0.2) is 5.57 Å². The molecule has 0 amide bonds. The molecule has 5 heteroatoms. The lowest BCUT2D eigenvalue weighted by Crippen LogP contribution is -2.26. The first-order valence-corrected chi connectivity index (χ1v) is 4.62. The molecular weight excluding hydrogens is 196 g/mol. The van der Waals surface area contributed by atoms with Crippen molar-refractivity contribution in [1.82, 2.24) is 4.90 Å². The van der Waals surface area contributed by atoms with E-state index in [1.807, 2.05) is 6.07 Å². The summed E-state index contributed by atoms with van der Waals surface area (Å²) in [7, 11) is 4.67. The third kappa shape index (κ3) is 2.10. The smallest absolute Gasteiger partial charge is 0.350 e. The van der Waals surface area contributed by atoms with Crippen LogP contribution in [-0.2, 0) is 14.3 Å². The largest absolute Gasteiger partial charge is 0.465 e. The van der Waals surface area contributed by atoms with Gasteiger partial charge in [0.05, 0.1) is 7.11 Å². The Morgan fingerprint density at radius 2 is 2.27 bits per heavy atom. The standard InChI is InChI=1S/C10H14N2O3/c1-12-8(4-5-9(12)14-2)7(6-11)10(13)15-3/h9H,4-5H2,1-3H3. The summed E-state index contributed by atoms with van der Waals surface area (Å²) in [5.41, 5.74) is 0.760. The van der Waals surface area contributed by atoms with Crippen LogP contribution in [-0.4, -0.2) is 38.4 Å². The molecule has 5 nitrogen and oxygen atoms in total. The number of allylic oxidation sites excluding steroid dienone is 1. The summed E-state index contributed by atoms with van der Waals surface area (Å²) >= 11 is 0. The van der Waals surface area contributed by atoms with Crippen molar-refractivity contribution in [3.05, 3.63) is 11.3 Å². The first-order valence-electron chi connectivity index (χ1n) is 4.62. The normalized spacial score (nSPS) is 23.6. The summed E-state index contributed by atoms with van der Waals surface area (Å²) in [6.45, 7) is 0. The van der Waals surface area contributed by atoms with E-state index in [2.05, 4.69) is 4.74 Å². The fourth-order valence-corrected chi connectivity index (χ4v) is 1.71.